The summed E-state index contributed by atoms with van der Waals surface area (Å²) in [4.78, 5) is 0. The highest BCUT2D eigenvalue weighted by atomic mass is 16.3. The fraction of sp³-hybridized carbons (Fsp3) is 0.0357. The number of aromatic nitrogens is 1. The molecule has 0 unspecified atom stereocenters. The van der Waals surface area contributed by atoms with Gasteiger partial charge in [-0.1, -0.05) is 152 Å². The quantitative estimate of drug-likeness (QED) is 0.176. The number of hydrogen-bond acceptors (Lipinski definition) is 1. The van der Waals surface area contributed by atoms with Crippen LogP contribution in [0.3, 0.4) is 0 Å². The molecule has 2 bridgehead atoms. The van der Waals surface area contributed by atoms with Crippen molar-refractivity contribution in [2.24, 2.45) is 0 Å². The van der Waals surface area contributed by atoms with E-state index in [9.17, 15) is 0 Å². The van der Waals surface area contributed by atoms with Gasteiger partial charge in [0.1, 0.15) is 11.2 Å². The third-order valence-corrected chi connectivity index (χ3v) is 13.0. The Bertz CT molecular complexity index is 3430. The lowest BCUT2D eigenvalue weighted by Gasteiger charge is -2.44. The van der Waals surface area contributed by atoms with Gasteiger partial charge in [-0.05, 0) is 115 Å². The van der Waals surface area contributed by atoms with E-state index in [2.05, 4.69) is 199 Å². The number of rotatable bonds is 4. The molecule has 270 valence electrons. The Labute approximate surface area is 335 Å². The van der Waals surface area contributed by atoms with Gasteiger partial charge in [0.05, 0.1) is 11.0 Å². The Morgan fingerprint density at radius 1 is 0.328 bits per heavy atom. The van der Waals surface area contributed by atoms with Gasteiger partial charge in [0, 0.05) is 39.1 Å². The largest absolute Gasteiger partial charge is 0.456 e. The van der Waals surface area contributed by atoms with E-state index in [1.807, 2.05) is 6.07 Å². The van der Waals surface area contributed by atoms with E-state index < -0.39 is 0 Å². The number of nitrogens with zero attached hydrogens (tertiary/aromatic N) is 1. The van der Waals surface area contributed by atoms with Gasteiger partial charge in [0.2, 0.25) is 0 Å². The van der Waals surface area contributed by atoms with Gasteiger partial charge in [0.15, 0.2) is 0 Å². The van der Waals surface area contributed by atoms with Crippen molar-refractivity contribution in [2.75, 3.05) is 0 Å². The summed E-state index contributed by atoms with van der Waals surface area (Å²) >= 11 is 0. The third-order valence-electron chi connectivity index (χ3n) is 13.0. The number of fused-ring (bicyclic) bond motifs is 6. The van der Waals surface area contributed by atoms with Crippen molar-refractivity contribution in [3.05, 3.63) is 234 Å². The van der Waals surface area contributed by atoms with Gasteiger partial charge in [0.25, 0.3) is 0 Å². The lowest BCUT2D eigenvalue weighted by atomic mass is 9.58. The molecule has 0 N–H and O–H groups in total. The topological polar surface area (TPSA) is 18.1 Å². The molecule has 0 fully saturated rings. The molecule has 58 heavy (non-hydrogen) atoms. The van der Waals surface area contributed by atoms with Crippen molar-refractivity contribution in [2.45, 2.75) is 11.8 Å². The Hall–Kier alpha value is -7.42. The summed E-state index contributed by atoms with van der Waals surface area (Å²) in [6.45, 7) is 0. The Morgan fingerprint density at radius 2 is 0.879 bits per heavy atom. The zero-order chi connectivity index (χ0) is 37.9. The summed E-state index contributed by atoms with van der Waals surface area (Å²) in [7, 11) is 0. The van der Waals surface area contributed by atoms with Crippen LogP contribution in [0, 0.1) is 0 Å². The van der Waals surface area contributed by atoms with Gasteiger partial charge in [-0.3, -0.25) is 0 Å². The Morgan fingerprint density at radius 3 is 1.60 bits per heavy atom. The first-order valence-electron chi connectivity index (χ1n) is 20.2. The molecule has 0 aliphatic heterocycles. The average molecular weight is 738 g/mol. The summed E-state index contributed by atoms with van der Waals surface area (Å²) in [6, 6.07) is 73.9. The maximum absolute atomic E-state index is 6.46. The SMILES string of the molecule is c1ccc(-c2cccc(-n3c4ccccc4c4cc(-c5ccc(-c6ccc7c(c6)oc6ccccc67)c6c5C5c7ccccc7C6c6ccccc65)ccc43)c2)cc1. The second-order valence-corrected chi connectivity index (χ2v) is 15.9. The maximum atomic E-state index is 6.46. The molecule has 2 heterocycles. The third kappa shape index (κ3) is 4.43. The summed E-state index contributed by atoms with van der Waals surface area (Å²) in [5.74, 6) is 0.242. The van der Waals surface area contributed by atoms with Crippen LogP contribution in [-0.4, -0.2) is 4.57 Å². The van der Waals surface area contributed by atoms with E-state index in [0.717, 1.165) is 27.6 Å². The second-order valence-electron chi connectivity index (χ2n) is 15.9. The smallest absolute Gasteiger partial charge is 0.136 e. The van der Waals surface area contributed by atoms with E-state index in [1.165, 1.54) is 88.6 Å². The summed E-state index contributed by atoms with van der Waals surface area (Å²) in [5.41, 5.74) is 21.4. The zero-order valence-electron chi connectivity index (χ0n) is 31.6. The van der Waals surface area contributed by atoms with Crippen LogP contribution in [0.2, 0.25) is 0 Å². The van der Waals surface area contributed by atoms with Crippen molar-refractivity contribution >= 4 is 43.7 Å². The molecule has 2 aromatic heterocycles. The zero-order valence-corrected chi connectivity index (χ0v) is 31.6. The van der Waals surface area contributed by atoms with E-state index in [0.29, 0.717) is 0 Å². The van der Waals surface area contributed by atoms with E-state index in [1.54, 1.807) is 0 Å². The molecule has 2 heteroatoms. The summed E-state index contributed by atoms with van der Waals surface area (Å²) < 4.78 is 8.90. The van der Waals surface area contributed by atoms with E-state index >= 15 is 0 Å². The van der Waals surface area contributed by atoms with Gasteiger partial charge in [-0.25, -0.2) is 0 Å². The summed E-state index contributed by atoms with van der Waals surface area (Å²) in [5, 5.41) is 4.82. The molecule has 0 radical (unpaired) electrons. The first kappa shape index (κ1) is 31.7. The van der Waals surface area contributed by atoms with Crippen molar-refractivity contribution < 1.29 is 4.42 Å². The molecular weight excluding hydrogens is 703 g/mol. The predicted octanol–water partition coefficient (Wildman–Crippen LogP) is 14.7. The normalized spacial score (nSPS) is 15.2. The molecule has 9 aromatic carbocycles. The van der Waals surface area contributed by atoms with Gasteiger partial charge < -0.3 is 8.98 Å². The lowest BCUT2D eigenvalue weighted by Crippen LogP contribution is -2.28. The number of hydrogen-bond donors (Lipinski definition) is 0. The lowest BCUT2D eigenvalue weighted by molar-refractivity contribution is 0.669. The molecule has 3 aliphatic carbocycles. The molecule has 0 saturated heterocycles. The van der Waals surface area contributed by atoms with E-state index in [-0.39, 0.29) is 11.8 Å². The van der Waals surface area contributed by atoms with Crippen LogP contribution >= 0.6 is 0 Å². The van der Waals surface area contributed by atoms with Crippen LogP contribution < -0.4 is 0 Å². The molecule has 0 spiro atoms. The monoisotopic (exact) mass is 737 g/mol. The minimum atomic E-state index is 0.120. The number of furan rings is 1. The van der Waals surface area contributed by atoms with Crippen LogP contribution in [0.4, 0.5) is 0 Å². The second kappa shape index (κ2) is 12.0. The van der Waals surface area contributed by atoms with Crippen molar-refractivity contribution in [1.82, 2.24) is 4.57 Å². The average Bonchev–Trinajstić information content (AvgIpc) is 3.84. The summed E-state index contributed by atoms with van der Waals surface area (Å²) in [6.07, 6.45) is 0. The standard InChI is InChI=1S/C56H35NO/c1-2-13-34(14-3-1)35-15-12-16-38(31-35)57-49-23-10-8-17-41(49)48-32-36(26-30-50(48)57)39-28-29-40(37-25-27-43-42-18-9-11-24-51(42)58-52(43)33-37)56-54-46-21-6-4-19-44(46)53(55(39)56)45-20-5-7-22-47(45)54/h1-33,53-54H. The molecular formula is C56H35NO. The van der Waals surface area contributed by atoms with Crippen LogP contribution in [0.1, 0.15) is 45.2 Å². The molecule has 2 nitrogen and oxygen atoms in total. The highest BCUT2D eigenvalue weighted by Crippen LogP contribution is 2.60. The van der Waals surface area contributed by atoms with Crippen LogP contribution in [0.15, 0.2) is 205 Å². The van der Waals surface area contributed by atoms with Crippen LogP contribution in [-0.2, 0) is 0 Å². The minimum Gasteiger partial charge on any atom is -0.456 e. The van der Waals surface area contributed by atoms with Crippen LogP contribution in [0.5, 0.6) is 0 Å². The fourth-order valence-corrected chi connectivity index (χ4v) is 10.6. The molecule has 14 rings (SSSR count). The molecule has 0 atom stereocenters. The Kier molecular flexibility index (Phi) is 6.59. The Balaban J connectivity index is 1.05. The molecule has 11 aromatic rings. The predicted molar refractivity (Wildman–Crippen MR) is 239 cm³/mol. The van der Waals surface area contributed by atoms with Gasteiger partial charge in [-0.15, -0.1) is 0 Å². The van der Waals surface area contributed by atoms with Crippen molar-refractivity contribution in [1.29, 1.82) is 0 Å². The minimum absolute atomic E-state index is 0.120. The molecule has 3 aliphatic rings. The number of para-hydroxylation sites is 2. The van der Waals surface area contributed by atoms with Gasteiger partial charge in [-0.2, -0.15) is 0 Å². The van der Waals surface area contributed by atoms with E-state index in [4.69, 9.17) is 4.42 Å². The first-order valence-corrected chi connectivity index (χ1v) is 20.2. The first-order chi connectivity index (χ1) is 28.8. The van der Waals surface area contributed by atoms with Crippen molar-refractivity contribution in [3.63, 3.8) is 0 Å². The maximum Gasteiger partial charge on any atom is 0.136 e. The fourth-order valence-electron chi connectivity index (χ4n) is 10.6. The van der Waals surface area contributed by atoms with Crippen LogP contribution in [0.25, 0.3) is 82.8 Å². The molecule has 0 amide bonds. The highest BCUT2D eigenvalue weighted by Gasteiger charge is 2.43. The van der Waals surface area contributed by atoms with Gasteiger partial charge >= 0.3 is 0 Å². The van der Waals surface area contributed by atoms with Crippen molar-refractivity contribution in [3.8, 4) is 39.1 Å². The highest BCUT2D eigenvalue weighted by molar-refractivity contribution is 6.11. The molecule has 0 saturated carbocycles. The number of benzene rings is 9.